The zero-order valence-electron chi connectivity index (χ0n) is 12.8. The van der Waals surface area contributed by atoms with Crippen LogP contribution in [0.3, 0.4) is 0 Å². The van der Waals surface area contributed by atoms with Gasteiger partial charge in [0.05, 0.1) is 26.4 Å². The number of hydrogen-bond donors (Lipinski definition) is 12. The quantitative estimate of drug-likeness (QED) is 0.173. The molecule has 0 spiro atoms. The van der Waals surface area contributed by atoms with E-state index in [1.54, 1.807) is 0 Å². The molecule has 0 rings (SSSR count). The van der Waals surface area contributed by atoms with Crippen molar-refractivity contribution in [3.05, 3.63) is 0 Å². The summed E-state index contributed by atoms with van der Waals surface area (Å²) >= 11 is 0. The second-order valence-electron chi connectivity index (χ2n) is 4.96. The maximum absolute atomic E-state index is 8.96. The van der Waals surface area contributed by atoms with Gasteiger partial charge >= 0.3 is 0 Å². The van der Waals surface area contributed by atoms with Crippen molar-refractivity contribution in [1.82, 2.24) is 0 Å². The van der Waals surface area contributed by atoms with Gasteiger partial charge in [-0.25, -0.2) is 0 Å². The van der Waals surface area contributed by atoms with E-state index in [0.717, 1.165) is 0 Å². The van der Waals surface area contributed by atoms with Gasteiger partial charge in [0.2, 0.25) is 0 Å². The number of hydrogen-bond acceptors (Lipinski definition) is 12. The van der Waals surface area contributed by atoms with E-state index in [0.29, 0.717) is 0 Å². The van der Waals surface area contributed by atoms with Crippen molar-refractivity contribution in [2.75, 3.05) is 26.4 Å². The Balaban J connectivity index is 0. The Morgan fingerprint density at radius 2 is 0.458 bits per heavy atom. The highest BCUT2D eigenvalue weighted by Crippen LogP contribution is 2.04. The molecule has 0 radical (unpaired) electrons. The first-order valence-electron chi connectivity index (χ1n) is 6.96. The van der Waals surface area contributed by atoms with Crippen LogP contribution in [-0.4, -0.2) is 137 Å². The monoisotopic (exact) mass is 364 g/mol. The summed E-state index contributed by atoms with van der Waals surface area (Å²) in [5.74, 6) is 0. The van der Waals surface area contributed by atoms with Crippen LogP contribution in [0.1, 0.15) is 0 Å². The van der Waals surface area contributed by atoms with Gasteiger partial charge in [-0.2, -0.15) is 0 Å². The molecule has 0 aromatic heterocycles. The van der Waals surface area contributed by atoms with Crippen molar-refractivity contribution in [1.29, 1.82) is 0 Å². The number of aliphatic hydroxyl groups is 12. The van der Waals surface area contributed by atoms with Gasteiger partial charge in [-0.3, -0.25) is 0 Å². The molecular formula is C12H28O12. The Morgan fingerprint density at radius 1 is 0.333 bits per heavy atom. The van der Waals surface area contributed by atoms with Gasteiger partial charge in [0.15, 0.2) is 0 Å². The zero-order valence-corrected chi connectivity index (χ0v) is 12.8. The third-order valence-electron chi connectivity index (χ3n) is 3.02. The van der Waals surface area contributed by atoms with Crippen LogP contribution >= 0.6 is 0 Å². The lowest BCUT2D eigenvalue weighted by molar-refractivity contribution is -0.123. The fraction of sp³-hybridized carbons (Fsp3) is 1.00. The van der Waals surface area contributed by atoms with E-state index in [1.807, 2.05) is 0 Å². The lowest BCUT2D eigenvalue weighted by atomic mass is 10.0. The zero-order chi connectivity index (χ0) is 19.4. The molecule has 0 saturated heterocycles. The standard InChI is InChI=1S/2C6H14O6/c2*7-1-3(9)5(11)6(12)4(10)2-8/h2*3-12H,1-2H2/t3-,4+,5+,6-;3-,4+,5-,6-/m.1/s1. The molecule has 8 atom stereocenters. The van der Waals surface area contributed by atoms with Crippen LogP contribution in [0, 0.1) is 0 Å². The second-order valence-corrected chi connectivity index (χ2v) is 4.96. The predicted molar refractivity (Wildman–Crippen MR) is 76.4 cm³/mol. The van der Waals surface area contributed by atoms with Gasteiger partial charge in [0, 0.05) is 0 Å². The van der Waals surface area contributed by atoms with Gasteiger partial charge in [0.25, 0.3) is 0 Å². The Hall–Kier alpha value is -0.480. The Kier molecular flexibility index (Phi) is 14.8. The van der Waals surface area contributed by atoms with Crippen LogP contribution < -0.4 is 0 Å². The molecule has 0 bridgehead atoms. The van der Waals surface area contributed by atoms with E-state index < -0.39 is 75.3 Å². The lowest BCUT2D eigenvalue weighted by Crippen LogP contribution is -2.46. The third kappa shape index (κ3) is 9.12. The molecule has 0 fully saturated rings. The molecule has 0 amide bonds. The molecule has 148 valence electrons. The maximum atomic E-state index is 8.96. The lowest BCUT2D eigenvalue weighted by Gasteiger charge is -2.24. The summed E-state index contributed by atoms with van der Waals surface area (Å²) in [4.78, 5) is 0. The minimum absolute atomic E-state index is 0.726. The summed E-state index contributed by atoms with van der Waals surface area (Å²) in [6.07, 6.45) is -12.8. The molecule has 24 heavy (non-hydrogen) atoms. The highest BCUT2D eigenvalue weighted by molar-refractivity contribution is 4.80. The van der Waals surface area contributed by atoms with E-state index >= 15 is 0 Å². The Morgan fingerprint density at radius 3 is 0.542 bits per heavy atom. The number of aliphatic hydroxyl groups excluding tert-OH is 12. The minimum atomic E-state index is -1.67. The summed E-state index contributed by atoms with van der Waals surface area (Å²) in [5.41, 5.74) is 0. The number of rotatable bonds is 10. The summed E-state index contributed by atoms with van der Waals surface area (Å²) < 4.78 is 0. The van der Waals surface area contributed by atoms with E-state index in [2.05, 4.69) is 0 Å². The molecule has 0 aromatic carbocycles. The van der Waals surface area contributed by atoms with Crippen molar-refractivity contribution < 1.29 is 61.3 Å². The van der Waals surface area contributed by atoms with Crippen molar-refractivity contribution in [3.8, 4) is 0 Å². The predicted octanol–water partition coefficient (Wildman–Crippen LogP) is -7.17. The van der Waals surface area contributed by atoms with Gasteiger partial charge < -0.3 is 61.3 Å². The molecular weight excluding hydrogens is 336 g/mol. The molecule has 0 heterocycles. The van der Waals surface area contributed by atoms with Crippen LogP contribution in [-0.2, 0) is 0 Å². The van der Waals surface area contributed by atoms with E-state index in [1.165, 1.54) is 0 Å². The van der Waals surface area contributed by atoms with Gasteiger partial charge in [-0.05, 0) is 0 Å². The van der Waals surface area contributed by atoms with Crippen LogP contribution in [0.15, 0.2) is 0 Å². The molecule has 12 heteroatoms. The first kappa shape index (κ1) is 25.8. The van der Waals surface area contributed by atoms with Crippen molar-refractivity contribution in [2.45, 2.75) is 48.8 Å². The smallest absolute Gasteiger partial charge is 0.111 e. The molecule has 12 N–H and O–H groups in total. The molecule has 12 nitrogen and oxygen atoms in total. The van der Waals surface area contributed by atoms with Crippen LogP contribution in [0.4, 0.5) is 0 Å². The summed E-state index contributed by atoms with van der Waals surface area (Å²) in [5, 5.41) is 104. The molecule has 0 aliphatic rings. The fourth-order valence-corrected chi connectivity index (χ4v) is 1.34. The molecule has 0 aliphatic heterocycles. The normalized spacial score (nSPS) is 21.5. The summed E-state index contributed by atoms with van der Waals surface area (Å²) in [6.45, 7) is -2.90. The van der Waals surface area contributed by atoms with Crippen molar-refractivity contribution in [2.24, 2.45) is 0 Å². The Labute approximate surface area is 137 Å². The van der Waals surface area contributed by atoms with Gasteiger partial charge in [0.1, 0.15) is 48.8 Å². The largest absolute Gasteiger partial charge is 0.394 e. The third-order valence-corrected chi connectivity index (χ3v) is 3.02. The molecule has 0 aromatic rings. The van der Waals surface area contributed by atoms with Gasteiger partial charge in [-0.15, -0.1) is 0 Å². The first-order valence-corrected chi connectivity index (χ1v) is 6.96. The molecule has 0 saturated carbocycles. The van der Waals surface area contributed by atoms with Crippen LogP contribution in [0.25, 0.3) is 0 Å². The minimum Gasteiger partial charge on any atom is -0.394 e. The topological polar surface area (TPSA) is 243 Å². The summed E-state index contributed by atoms with van der Waals surface area (Å²) in [7, 11) is 0. The Bertz CT molecular complexity index is 237. The maximum Gasteiger partial charge on any atom is 0.111 e. The van der Waals surface area contributed by atoms with E-state index in [4.69, 9.17) is 61.3 Å². The van der Waals surface area contributed by atoms with Crippen LogP contribution in [0.5, 0.6) is 0 Å². The van der Waals surface area contributed by atoms with Crippen molar-refractivity contribution >= 4 is 0 Å². The van der Waals surface area contributed by atoms with E-state index in [9.17, 15) is 0 Å². The average Bonchev–Trinajstić information content (AvgIpc) is 2.62. The second kappa shape index (κ2) is 13.8. The van der Waals surface area contributed by atoms with Crippen molar-refractivity contribution in [3.63, 3.8) is 0 Å². The van der Waals surface area contributed by atoms with Gasteiger partial charge in [-0.1, -0.05) is 0 Å². The molecule has 0 aliphatic carbocycles. The fourth-order valence-electron chi connectivity index (χ4n) is 1.34. The SMILES string of the molecule is OC[C@@H](O)[C@@H](O)[C@H](O)[C@@H](O)CO.OC[C@@H](O)[C@H](O)[C@H](O)[C@@H](O)CO. The van der Waals surface area contributed by atoms with Crippen LogP contribution in [0.2, 0.25) is 0 Å². The highest BCUT2D eigenvalue weighted by atomic mass is 16.4. The highest BCUT2D eigenvalue weighted by Gasteiger charge is 2.30. The average molecular weight is 364 g/mol. The summed E-state index contributed by atoms with van der Waals surface area (Å²) in [6, 6.07) is 0. The molecule has 0 unspecified atom stereocenters. The first-order chi connectivity index (χ1) is 11.1. The van der Waals surface area contributed by atoms with E-state index in [-0.39, 0.29) is 0 Å².